The van der Waals surface area contributed by atoms with Crippen LogP contribution in [0.4, 0.5) is 0 Å². The molecule has 0 saturated carbocycles. The predicted octanol–water partition coefficient (Wildman–Crippen LogP) is 2.49. The van der Waals surface area contributed by atoms with Gasteiger partial charge in [0.15, 0.2) is 0 Å². The van der Waals surface area contributed by atoms with Gasteiger partial charge in [0, 0.05) is 26.2 Å². The van der Waals surface area contributed by atoms with Gasteiger partial charge in [-0.2, -0.15) is 0 Å². The Morgan fingerprint density at radius 2 is 1.92 bits per heavy atom. The fourth-order valence-electron chi connectivity index (χ4n) is 4.41. The Hall–Kier alpha value is -1.39. The third kappa shape index (κ3) is 3.65. The van der Waals surface area contributed by atoms with E-state index < -0.39 is 0 Å². The van der Waals surface area contributed by atoms with Crippen LogP contribution in [-0.4, -0.2) is 60.1 Å². The van der Waals surface area contributed by atoms with Crippen molar-refractivity contribution in [2.75, 3.05) is 39.3 Å². The van der Waals surface area contributed by atoms with E-state index in [1.807, 2.05) is 18.2 Å². The van der Waals surface area contributed by atoms with Gasteiger partial charge < -0.3 is 14.9 Å². The first-order valence-corrected chi connectivity index (χ1v) is 9.34. The van der Waals surface area contributed by atoms with Crippen molar-refractivity contribution in [2.24, 2.45) is 5.41 Å². The molecule has 1 amide bonds. The molecule has 4 nitrogen and oxygen atoms in total. The first kappa shape index (κ1) is 17.4. The second kappa shape index (κ2) is 7.66. The van der Waals surface area contributed by atoms with Crippen LogP contribution in [0.2, 0.25) is 0 Å². The molecule has 1 aromatic carbocycles. The van der Waals surface area contributed by atoms with Crippen molar-refractivity contribution < 1.29 is 9.90 Å². The molecule has 0 aliphatic carbocycles. The number of amides is 1. The fraction of sp³-hybridized carbons (Fsp3) is 0.650. The lowest BCUT2D eigenvalue weighted by molar-refractivity contribution is -0.141. The summed E-state index contributed by atoms with van der Waals surface area (Å²) in [6.45, 7) is 7.26. The van der Waals surface area contributed by atoms with Crippen molar-refractivity contribution in [3.63, 3.8) is 0 Å². The minimum atomic E-state index is 0.0175. The highest BCUT2D eigenvalue weighted by atomic mass is 16.3. The minimum Gasteiger partial charge on any atom is -0.396 e. The summed E-state index contributed by atoms with van der Waals surface area (Å²) < 4.78 is 0. The van der Waals surface area contributed by atoms with E-state index in [1.54, 1.807) is 0 Å². The van der Waals surface area contributed by atoms with Crippen LogP contribution in [0.15, 0.2) is 30.3 Å². The van der Waals surface area contributed by atoms with E-state index in [9.17, 15) is 4.79 Å². The Bertz CT molecular complexity index is 538. The molecular weight excluding hydrogens is 300 g/mol. The van der Waals surface area contributed by atoms with Crippen LogP contribution in [0.5, 0.6) is 0 Å². The zero-order valence-corrected chi connectivity index (χ0v) is 14.8. The van der Waals surface area contributed by atoms with Crippen molar-refractivity contribution in [1.82, 2.24) is 9.80 Å². The monoisotopic (exact) mass is 330 g/mol. The number of likely N-dealkylation sites (tertiary alicyclic amines) is 2. The number of hydrogen-bond acceptors (Lipinski definition) is 3. The number of rotatable bonds is 5. The number of likely N-dealkylation sites (N-methyl/N-ethyl adjacent to an activating group) is 1. The normalized spacial score (nSPS) is 24.5. The summed E-state index contributed by atoms with van der Waals surface area (Å²) in [5.41, 5.74) is 1.43. The standard InChI is InChI=1S/C20H30N2O2/c1-2-22-16-20(9-12-21(13-10-20)11-6-14-23)15-18(19(22)24)17-7-4-3-5-8-17/h3-5,7-8,18,23H,2,6,9-16H2,1H3. The second-order valence-corrected chi connectivity index (χ2v) is 7.44. The highest BCUT2D eigenvalue weighted by Gasteiger charge is 2.45. The smallest absolute Gasteiger partial charge is 0.230 e. The maximum atomic E-state index is 12.9. The third-order valence-electron chi connectivity index (χ3n) is 5.91. The SMILES string of the molecule is CCN1CC2(CCN(CCCO)CC2)CC(c2ccccc2)C1=O. The second-order valence-electron chi connectivity index (χ2n) is 7.44. The number of aliphatic hydroxyl groups is 1. The molecular formula is C20H30N2O2. The summed E-state index contributed by atoms with van der Waals surface area (Å²) in [6.07, 6.45) is 4.16. The molecule has 3 rings (SSSR count). The van der Waals surface area contributed by atoms with Crippen LogP contribution in [0.25, 0.3) is 0 Å². The summed E-state index contributed by atoms with van der Waals surface area (Å²) in [7, 11) is 0. The summed E-state index contributed by atoms with van der Waals surface area (Å²) >= 11 is 0. The van der Waals surface area contributed by atoms with Crippen molar-refractivity contribution in [3.05, 3.63) is 35.9 Å². The van der Waals surface area contributed by atoms with Crippen LogP contribution >= 0.6 is 0 Å². The highest BCUT2D eigenvalue weighted by Crippen LogP contribution is 2.45. The number of hydrogen-bond donors (Lipinski definition) is 1. The number of carbonyl (C=O) groups is 1. The Balaban J connectivity index is 1.74. The number of nitrogens with zero attached hydrogens (tertiary/aromatic N) is 2. The Labute approximate surface area is 145 Å². The predicted molar refractivity (Wildman–Crippen MR) is 95.9 cm³/mol. The van der Waals surface area contributed by atoms with E-state index in [0.717, 1.165) is 58.4 Å². The summed E-state index contributed by atoms with van der Waals surface area (Å²) in [5.74, 6) is 0.320. The van der Waals surface area contributed by atoms with Crippen molar-refractivity contribution in [1.29, 1.82) is 0 Å². The highest BCUT2D eigenvalue weighted by molar-refractivity contribution is 5.84. The Morgan fingerprint density at radius 1 is 1.21 bits per heavy atom. The molecule has 0 aromatic heterocycles. The molecule has 1 N–H and O–H groups in total. The molecule has 2 aliphatic heterocycles. The molecule has 0 bridgehead atoms. The minimum absolute atomic E-state index is 0.0175. The first-order valence-electron chi connectivity index (χ1n) is 9.34. The summed E-state index contributed by atoms with van der Waals surface area (Å²) in [5, 5.41) is 9.02. The van der Waals surface area contributed by atoms with E-state index in [1.165, 1.54) is 5.56 Å². The number of piperidine rings is 2. The molecule has 1 aromatic rings. The largest absolute Gasteiger partial charge is 0.396 e. The number of carbonyl (C=O) groups excluding carboxylic acids is 1. The van der Waals surface area contributed by atoms with Gasteiger partial charge in [0.2, 0.25) is 5.91 Å². The van der Waals surface area contributed by atoms with Gasteiger partial charge in [-0.3, -0.25) is 4.79 Å². The molecule has 1 spiro atoms. The zero-order chi connectivity index (χ0) is 17.0. The number of benzene rings is 1. The lowest BCUT2D eigenvalue weighted by Crippen LogP contribution is -2.54. The van der Waals surface area contributed by atoms with Crippen molar-refractivity contribution >= 4 is 5.91 Å². The van der Waals surface area contributed by atoms with Gasteiger partial charge in [-0.15, -0.1) is 0 Å². The molecule has 2 heterocycles. The van der Waals surface area contributed by atoms with Gasteiger partial charge in [0.05, 0.1) is 5.92 Å². The summed E-state index contributed by atoms with van der Waals surface area (Å²) in [4.78, 5) is 17.4. The molecule has 132 valence electrons. The number of aliphatic hydroxyl groups excluding tert-OH is 1. The molecule has 2 saturated heterocycles. The van der Waals surface area contributed by atoms with Crippen LogP contribution in [-0.2, 0) is 4.79 Å². The fourth-order valence-corrected chi connectivity index (χ4v) is 4.41. The first-order chi connectivity index (χ1) is 11.7. The molecule has 24 heavy (non-hydrogen) atoms. The lowest BCUT2D eigenvalue weighted by atomic mass is 9.67. The van der Waals surface area contributed by atoms with Gasteiger partial charge >= 0.3 is 0 Å². The van der Waals surface area contributed by atoms with E-state index >= 15 is 0 Å². The van der Waals surface area contributed by atoms with Gasteiger partial charge in [-0.25, -0.2) is 0 Å². The molecule has 0 radical (unpaired) electrons. The Morgan fingerprint density at radius 3 is 2.54 bits per heavy atom. The van der Waals surface area contributed by atoms with Crippen LogP contribution in [0, 0.1) is 5.41 Å². The Kier molecular flexibility index (Phi) is 5.57. The zero-order valence-electron chi connectivity index (χ0n) is 14.8. The third-order valence-corrected chi connectivity index (χ3v) is 5.91. The maximum Gasteiger partial charge on any atom is 0.230 e. The molecule has 4 heteroatoms. The average molecular weight is 330 g/mol. The van der Waals surface area contributed by atoms with Gasteiger partial charge in [0.25, 0.3) is 0 Å². The van der Waals surface area contributed by atoms with Gasteiger partial charge in [-0.05, 0) is 56.7 Å². The van der Waals surface area contributed by atoms with Crippen LogP contribution in [0.3, 0.4) is 0 Å². The van der Waals surface area contributed by atoms with Crippen LogP contribution < -0.4 is 0 Å². The van der Waals surface area contributed by atoms with E-state index in [0.29, 0.717) is 5.91 Å². The van der Waals surface area contributed by atoms with Gasteiger partial charge in [0.1, 0.15) is 0 Å². The van der Waals surface area contributed by atoms with E-state index in [4.69, 9.17) is 5.11 Å². The maximum absolute atomic E-state index is 12.9. The van der Waals surface area contributed by atoms with E-state index in [-0.39, 0.29) is 17.9 Å². The van der Waals surface area contributed by atoms with Crippen molar-refractivity contribution in [3.8, 4) is 0 Å². The van der Waals surface area contributed by atoms with Crippen LogP contribution in [0.1, 0.15) is 44.1 Å². The topological polar surface area (TPSA) is 43.8 Å². The molecule has 2 aliphatic rings. The van der Waals surface area contributed by atoms with Crippen molar-refractivity contribution in [2.45, 2.75) is 38.5 Å². The molecule has 1 unspecified atom stereocenters. The average Bonchev–Trinajstić information content (AvgIpc) is 2.64. The molecule has 2 fully saturated rings. The lowest BCUT2D eigenvalue weighted by Gasteiger charge is -2.50. The van der Waals surface area contributed by atoms with Gasteiger partial charge in [-0.1, -0.05) is 30.3 Å². The molecule has 1 atom stereocenters. The quantitative estimate of drug-likeness (QED) is 0.902. The van der Waals surface area contributed by atoms with E-state index in [2.05, 4.69) is 28.9 Å². The summed E-state index contributed by atoms with van der Waals surface area (Å²) in [6, 6.07) is 10.3.